The summed E-state index contributed by atoms with van der Waals surface area (Å²) in [6.45, 7) is 3.56. The number of hydrogen-bond acceptors (Lipinski definition) is 2. The van der Waals surface area contributed by atoms with Crippen LogP contribution in [0.15, 0.2) is 42.5 Å². The Kier molecular flexibility index (Phi) is 5.61. The molecule has 0 spiro atoms. The van der Waals surface area contributed by atoms with Crippen molar-refractivity contribution in [1.29, 1.82) is 0 Å². The Morgan fingerprint density at radius 2 is 1.96 bits per heavy atom. The minimum absolute atomic E-state index is 0.170. The second-order valence-electron chi connectivity index (χ2n) is 5.80. The average Bonchev–Trinajstić information content (AvgIpc) is 2.95. The fourth-order valence-corrected chi connectivity index (χ4v) is 3.11. The number of benzene rings is 2. The standard InChI is InChI=1S/C19H19Cl2N3O/c1-2-11-24-17-6-4-3-5-16(17)23-18(24)9-10-22-19(25)13-7-8-14(20)15(21)12-13/h3-8,12H,2,9-11H2,1H3,(H,22,25). The number of imidazole rings is 1. The molecule has 2 aromatic carbocycles. The summed E-state index contributed by atoms with van der Waals surface area (Å²) < 4.78 is 2.22. The molecule has 6 heteroatoms. The van der Waals surface area contributed by atoms with Gasteiger partial charge in [0.2, 0.25) is 0 Å². The van der Waals surface area contributed by atoms with Gasteiger partial charge in [0.15, 0.2) is 0 Å². The number of aromatic nitrogens is 2. The Bertz CT molecular complexity index is 905. The van der Waals surface area contributed by atoms with Gasteiger partial charge in [0.05, 0.1) is 21.1 Å². The number of carbonyl (C=O) groups excluding carboxylic acids is 1. The van der Waals surface area contributed by atoms with Crippen molar-refractivity contribution in [3.63, 3.8) is 0 Å². The van der Waals surface area contributed by atoms with Gasteiger partial charge in [0, 0.05) is 25.1 Å². The highest BCUT2D eigenvalue weighted by atomic mass is 35.5. The van der Waals surface area contributed by atoms with E-state index >= 15 is 0 Å². The SMILES string of the molecule is CCCn1c(CCNC(=O)c2ccc(Cl)c(Cl)c2)nc2ccccc21. The largest absolute Gasteiger partial charge is 0.352 e. The van der Waals surface area contributed by atoms with Crippen LogP contribution < -0.4 is 5.32 Å². The first kappa shape index (κ1) is 17.8. The third-order valence-corrected chi connectivity index (χ3v) is 4.74. The number of rotatable bonds is 6. The van der Waals surface area contributed by atoms with E-state index in [1.165, 1.54) is 0 Å². The molecule has 0 aliphatic carbocycles. The zero-order chi connectivity index (χ0) is 17.8. The van der Waals surface area contributed by atoms with E-state index in [1.54, 1.807) is 18.2 Å². The number of nitrogens with one attached hydrogen (secondary N) is 1. The second-order valence-corrected chi connectivity index (χ2v) is 6.62. The number of carbonyl (C=O) groups is 1. The van der Waals surface area contributed by atoms with Gasteiger partial charge in [0.25, 0.3) is 5.91 Å². The number of aryl methyl sites for hydroxylation is 1. The van der Waals surface area contributed by atoms with Gasteiger partial charge >= 0.3 is 0 Å². The molecule has 0 saturated heterocycles. The van der Waals surface area contributed by atoms with Gasteiger partial charge in [-0.1, -0.05) is 42.3 Å². The van der Waals surface area contributed by atoms with Crippen molar-refractivity contribution in [2.75, 3.05) is 6.54 Å². The Hall–Kier alpha value is -2.04. The molecule has 1 heterocycles. The predicted octanol–water partition coefficient (Wildman–Crippen LogP) is 4.73. The summed E-state index contributed by atoms with van der Waals surface area (Å²) >= 11 is 11.8. The molecule has 1 aromatic heterocycles. The van der Waals surface area contributed by atoms with Crippen LogP contribution in [0.5, 0.6) is 0 Å². The lowest BCUT2D eigenvalue weighted by molar-refractivity contribution is 0.0954. The normalized spacial score (nSPS) is 11.0. The molecule has 0 fully saturated rings. The molecular formula is C19H19Cl2N3O. The molecule has 0 radical (unpaired) electrons. The van der Waals surface area contributed by atoms with Gasteiger partial charge in [-0.3, -0.25) is 4.79 Å². The van der Waals surface area contributed by atoms with Crippen LogP contribution in [0.2, 0.25) is 10.0 Å². The van der Waals surface area contributed by atoms with Crippen LogP contribution >= 0.6 is 23.2 Å². The minimum atomic E-state index is -0.170. The van der Waals surface area contributed by atoms with E-state index in [4.69, 9.17) is 28.2 Å². The van der Waals surface area contributed by atoms with E-state index in [0.29, 0.717) is 28.6 Å². The zero-order valence-corrected chi connectivity index (χ0v) is 15.4. The summed E-state index contributed by atoms with van der Waals surface area (Å²) in [5.74, 6) is 0.814. The van der Waals surface area contributed by atoms with Gasteiger partial charge < -0.3 is 9.88 Å². The lowest BCUT2D eigenvalue weighted by Crippen LogP contribution is -2.26. The molecule has 3 rings (SSSR count). The number of hydrogen-bond donors (Lipinski definition) is 1. The molecular weight excluding hydrogens is 357 g/mol. The highest BCUT2D eigenvalue weighted by Crippen LogP contribution is 2.22. The van der Waals surface area contributed by atoms with Crippen molar-refractivity contribution in [3.05, 3.63) is 63.9 Å². The van der Waals surface area contributed by atoms with Crippen molar-refractivity contribution in [2.24, 2.45) is 0 Å². The van der Waals surface area contributed by atoms with E-state index in [9.17, 15) is 4.79 Å². The quantitative estimate of drug-likeness (QED) is 0.676. The van der Waals surface area contributed by atoms with Crippen LogP contribution in [-0.2, 0) is 13.0 Å². The molecule has 1 amide bonds. The number of para-hydroxylation sites is 2. The van der Waals surface area contributed by atoms with Crippen LogP contribution in [0.1, 0.15) is 29.5 Å². The molecule has 0 aliphatic rings. The van der Waals surface area contributed by atoms with Gasteiger partial charge in [0.1, 0.15) is 5.82 Å². The number of fused-ring (bicyclic) bond motifs is 1. The van der Waals surface area contributed by atoms with E-state index in [1.807, 2.05) is 18.2 Å². The molecule has 0 unspecified atom stereocenters. The van der Waals surface area contributed by atoms with Crippen molar-refractivity contribution in [2.45, 2.75) is 26.3 Å². The van der Waals surface area contributed by atoms with Gasteiger partial charge in [-0.25, -0.2) is 4.98 Å². The van der Waals surface area contributed by atoms with E-state index in [0.717, 1.165) is 29.8 Å². The number of nitrogens with zero attached hydrogens (tertiary/aromatic N) is 2. The van der Waals surface area contributed by atoms with Crippen molar-refractivity contribution in [1.82, 2.24) is 14.9 Å². The maximum absolute atomic E-state index is 12.2. The molecule has 0 atom stereocenters. The first-order valence-electron chi connectivity index (χ1n) is 8.27. The van der Waals surface area contributed by atoms with Crippen LogP contribution in [0.25, 0.3) is 11.0 Å². The number of amides is 1. The fraction of sp³-hybridized carbons (Fsp3) is 0.263. The molecule has 4 nitrogen and oxygen atoms in total. The van der Waals surface area contributed by atoms with Crippen LogP contribution in [-0.4, -0.2) is 22.0 Å². The topological polar surface area (TPSA) is 46.9 Å². The van der Waals surface area contributed by atoms with E-state index < -0.39 is 0 Å². The van der Waals surface area contributed by atoms with Crippen LogP contribution in [0, 0.1) is 0 Å². The Morgan fingerprint density at radius 3 is 2.72 bits per heavy atom. The Balaban J connectivity index is 1.69. The summed E-state index contributed by atoms with van der Waals surface area (Å²) in [6.07, 6.45) is 1.70. The monoisotopic (exact) mass is 375 g/mol. The first-order valence-corrected chi connectivity index (χ1v) is 9.03. The van der Waals surface area contributed by atoms with Crippen LogP contribution in [0.3, 0.4) is 0 Å². The van der Waals surface area contributed by atoms with Gasteiger partial charge in [-0.15, -0.1) is 0 Å². The average molecular weight is 376 g/mol. The molecule has 130 valence electrons. The summed E-state index contributed by atoms with van der Waals surface area (Å²) in [5.41, 5.74) is 2.62. The third kappa shape index (κ3) is 3.97. The maximum atomic E-state index is 12.2. The summed E-state index contributed by atoms with van der Waals surface area (Å²) in [5, 5.41) is 3.72. The molecule has 25 heavy (non-hydrogen) atoms. The van der Waals surface area contributed by atoms with Crippen LogP contribution in [0.4, 0.5) is 0 Å². The highest BCUT2D eigenvalue weighted by Gasteiger charge is 2.11. The highest BCUT2D eigenvalue weighted by molar-refractivity contribution is 6.42. The van der Waals surface area contributed by atoms with Gasteiger partial charge in [-0.2, -0.15) is 0 Å². The number of halogens is 2. The van der Waals surface area contributed by atoms with Crippen molar-refractivity contribution in [3.8, 4) is 0 Å². The molecule has 0 bridgehead atoms. The second kappa shape index (κ2) is 7.89. The minimum Gasteiger partial charge on any atom is -0.352 e. The smallest absolute Gasteiger partial charge is 0.251 e. The summed E-state index contributed by atoms with van der Waals surface area (Å²) in [6, 6.07) is 13.0. The van der Waals surface area contributed by atoms with E-state index in [-0.39, 0.29) is 5.91 Å². The zero-order valence-electron chi connectivity index (χ0n) is 13.9. The Morgan fingerprint density at radius 1 is 1.16 bits per heavy atom. The first-order chi connectivity index (χ1) is 12.1. The molecule has 1 N–H and O–H groups in total. The predicted molar refractivity (Wildman–Crippen MR) is 103 cm³/mol. The summed E-state index contributed by atoms with van der Waals surface area (Å²) in [4.78, 5) is 16.9. The molecule has 3 aromatic rings. The lowest BCUT2D eigenvalue weighted by Gasteiger charge is -2.09. The molecule has 0 aliphatic heterocycles. The third-order valence-electron chi connectivity index (χ3n) is 4.00. The van der Waals surface area contributed by atoms with Crippen molar-refractivity contribution < 1.29 is 4.79 Å². The fourth-order valence-electron chi connectivity index (χ4n) is 2.82. The van der Waals surface area contributed by atoms with Crippen molar-refractivity contribution >= 4 is 40.1 Å². The Labute approximate surface area is 156 Å². The maximum Gasteiger partial charge on any atom is 0.251 e. The van der Waals surface area contributed by atoms with Gasteiger partial charge in [-0.05, 0) is 36.8 Å². The van der Waals surface area contributed by atoms with E-state index in [2.05, 4.69) is 22.9 Å². The summed E-state index contributed by atoms with van der Waals surface area (Å²) in [7, 11) is 0. The lowest BCUT2D eigenvalue weighted by atomic mass is 10.2. The molecule has 0 saturated carbocycles.